The Kier molecular flexibility index (Phi) is 5.03. The van der Waals surface area contributed by atoms with Crippen LogP contribution in [0.5, 0.6) is 0 Å². The summed E-state index contributed by atoms with van der Waals surface area (Å²) in [5, 5.41) is 0. The van der Waals surface area contributed by atoms with Crippen molar-refractivity contribution in [3.8, 4) is 0 Å². The highest BCUT2D eigenvalue weighted by Crippen LogP contribution is 2.26. The standard InChI is InChI=1S/C13H21BrN2O2S/c1-9(13(2,3)4)8-16-19(17,18)12-7-10(14)5-6-11(12)15/h5-7,9,16H,8,15H2,1-4H3. The van der Waals surface area contributed by atoms with Crippen molar-refractivity contribution in [2.45, 2.75) is 32.6 Å². The lowest BCUT2D eigenvalue weighted by atomic mass is 9.82. The lowest BCUT2D eigenvalue weighted by molar-refractivity contribution is 0.263. The van der Waals surface area contributed by atoms with E-state index in [1.54, 1.807) is 12.1 Å². The largest absolute Gasteiger partial charge is 0.398 e. The Balaban J connectivity index is 2.91. The summed E-state index contributed by atoms with van der Waals surface area (Å²) in [6.45, 7) is 8.66. The van der Waals surface area contributed by atoms with Gasteiger partial charge in [0.25, 0.3) is 0 Å². The van der Waals surface area contributed by atoms with Gasteiger partial charge in [0.15, 0.2) is 0 Å². The lowest BCUT2D eigenvalue weighted by Crippen LogP contribution is -2.34. The molecule has 1 aromatic rings. The molecule has 0 saturated heterocycles. The first-order valence-electron chi connectivity index (χ1n) is 6.09. The SMILES string of the molecule is CC(CNS(=O)(=O)c1cc(Br)ccc1N)C(C)(C)C. The molecule has 0 fully saturated rings. The Labute approximate surface area is 124 Å². The smallest absolute Gasteiger partial charge is 0.242 e. The third kappa shape index (κ3) is 4.47. The van der Waals surface area contributed by atoms with E-state index in [0.717, 1.165) is 0 Å². The second-order valence-corrected chi connectivity index (χ2v) is 8.45. The van der Waals surface area contributed by atoms with Crippen molar-refractivity contribution in [1.29, 1.82) is 0 Å². The summed E-state index contributed by atoms with van der Waals surface area (Å²) in [6, 6.07) is 4.80. The zero-order chi connectivity index (χ0) is 14.8. The van der Waals surface area contributed by atoms with E-state index in [1.807, 2.05) is 6.92 Å². The summed E-state index contributed by atoms with van der Waals surface area (Å²) in [6.07, 6.45) is 0. The molecule has 0 aliphatic rings. The second-order valence-electron chi connectivity index (χ2n) is 5.80. The molecule has 6 heteroatoms. The molecule has 0 saturated carbocycles. The molecule has 1 unspecified atom stereocenters. The van der Waals surface area contributed by atoms with Gasteiger partial charge in [-0.05, 0) is 29.5 Å². The van der Waals surface area contributed by atoms with Crippen molar-refractivity contribution in [1.82, 2.24) is 4.72 Å². The van der Waals surface area contributed by atoms with Crippen LogP contribution in [0.4, 0.5) is 5.69 Å². The molecule has 0 radical (unpaired) electrons. The zero-order valence-electron chi connectivity index (χ0n) is 11.7. The molecule has 0 spiro atoms. The van der Waals surface area contributed by atoms with E-state index in [-0.39, 0.29) is 21.9 Å². The van der Waals surface area contributed by atoms with Gasteiger partial charge in [0.1, 0.15) is 4.90 Å². The number of hydrogen-bond donors (Lipinski definition) is 2. The summed E-state index contributed by atoms with van der Waals surface area (Å²) in [7, 11) is -3.57. The van der Waals surface area contributed by atoms with Gasteiger partial charge in [-0.25, -0.2) is 13.1 Å². The van der Waals surface area contributed by atoms with Crippen LogP contribution in [0.15, 0.2) is 27.6 Å². The van der Waals surface area contributed by atoms with E-state index in [9.17, 15) is 8.42 Å². The quantitative estimate of drug-likeness (QED) is 0.821. The molecular weight excluding hydrogens is 328 g/mol. The maximum Gasteiger partial charge on any atom is 0.242 e. The second kappa shape index (κ2) is 5.81. The molecule has 108 valence electrons. The number of hydrogen-bond acceptors (Lipinski definition) is 3. The minimum absolute atomic E-state index is 0.0470. The maximum atomic E-state index is 12.2. The van der Waals surface area contributed by atoms with Crippen LogP contribution >= 0.6 is 15.9 Å². The Bertz CT molecular complexity index is 550. The average Bonchev–Trinajstić information content (AvgIpc) is 2.28. The van der Waals surface area contributed by atoms with Gasteiger partial charge in [-0.3, -0.25) is 0 Å². The van der Waals surface area contributed by atoms with Crippen LogP contribution in [-0.2, 0) is 10.0 Å². The van der Waals surface area contributed by atoms with E-state index in [2.05, 4.69) is 41.4 Å². The summed E-state index contributed by atoms with van der Waals surface area (Å²) in [5.74, 6) is 0.218. The highest BCUT2D eigenvalue weighted by molar-refractivity contribution is 9.10. The average molecular weight is 349 g/mol. The Hall–Kier alpha value is -0.590. The number of nitrogens with one attached hydrogen (secondary N) is 1. The summed E-state index contributed by atoms with van der Waals surface area (Å²) < 4.78 is 27.8. The normalized spacial score (nSPS) is 14.4. The Morgan fingerprint density at radius 1 is 1.37 bits per heavy atom. The van der Waals surface area contributed by atoms with Crippen LogP contribution in [0.25, 0.3) is 0 Å². The molecule has 1 aromatic carbocycles. The van der Waals surface area contributed by atoms with Crippen molar-refractivity contribution in [3.63, 3.8) is 0 Å². The van der Waals surface area contributed by atoms with Crippen LogP contribution in [0.2, 0.25) is 0 Å². The van der Waals surface area contributed by atoms with E-state index >= 15 is 0 Å². The highest BCUT2D eigenvalue weighted by Gasteiger charge is 2.23. The van der Waals surface area contributed by atoms with Crippen LogP contribution in [0, 0.1) is 11.3 Å². The first-order valence-corrected chi connectivity index (χ1v) is 8.36. The van der Waals surface area contributed by atoms with Crippen LogP contribution in [-0.4, -0.2) is 15.0 Å². The van der Waals surface area contributed by atoms with Gasteiger partial charge >= 0.3 is 0 Å². The van der Waals surface area contributed by atoms with Crippen LogP contribution < -0.4 is 10.5 Å². The van der Waals surface area contributed by atoms with Crippen molar-refractivity contribution >= 4 is 31.6 Å². The molecule has 0 amide bonds. The minimum atomic E-state index is -3.57. The fraction of sp³-hybridized carbons (Fsp3) is 0.538. The van der Waals surface area contributed by atoms with E-state index in [0.29, 0.717) is 11.0 Å². The molecule has 0 aliphatic carbocycles. The summed E-state index contributed by atoms with van der Waals surface area (Å²) in [4.78, 5) is 0.114. The molecule has 3 N–H and O–H groups in total. The third-order valence-corrected chi connectivity index (χ3v) is 5.30. The number of nitrogens with two attached hydrogens (primary N) is 1. The third-order valence-electron chi connectivity index (χ3n) is 3.32. The van der Waals surface area contributed by atoms with Gasteiger partial charge in [0, 0.05) is 11.0 Å². The highest BCUT2D eigenvalue weighted by atomic mass is 79.9. The molecule has 0 aliphatic heterocycles. The number of halogens is 1. The predicted molar refractivity (Wildman–Crippen MR) is 82.4 cm³/mol. The number of benzene rings is 1. The topological polar surface area (TPSA) is 72.2 Å². The van der Waals surface area contributed by atoms with Gasteiger partial charge in [0.2, 0.25) is 10.0 Å². The number of sulfonamides is 1. The molecule has 19 heavy (non-hydrogen) atoms. The van der Waals surface area contributed by atoms with Gasteiger partial charge in [-0.2, -0.15) is 0 Å². The fourth-order valence-electron chi connectivity index (χ4n) is 1.36. The monoisotopic (exact) mass is 348 g/mol. The first kappa shape index (κ1) is 16.5. The number of rotatable bonds is 4. The van der Waals surface area contributed by atoms with Gasteiger partial charge in [-0.1, -0.05) is 43.6 Å². The Morgan fingerprint density at radius 2 is 1.95 bits per heavy atom. The zero-order valence-corrected chi connectivity index (χ0v) is 14.1. The maximum absolute atomic E-state index is 12.2. The summed E-state index contributed by atoms with van der Waals surface area (Å²) in [5.41, 5.74) is 6.02. The van der Waals surface area contributed by atoms with Gasteiger partial charge < -0.3 is 5.73 Å². The first-order chi connectivity index (χ1) is 8.54. The Morgan fingerprint density at radius 3 is 2.47 bits per heavy atom. The number of anilines is 1. The van der Waals surface area contributed by atoms with Crippen LogP contribution in [0.3, 0.4) is 0 Å². The van der Waals surface area contributed by atoms with E-state index in [1.165, 1.54) is 6.07 Å². The number of nitrogen functional groups attached to an aromatic ring is 1. The van der Waals surface area contributed by atoms with E-state index < -0.39 is 10.0 Å². The molecular formula is C13H21BrN2O2S. The van der Waals surface area contributed by atoms with Crippen molar-refractivity contribution in [3.05, 3.63) is 22.7 Å². The van der Waals surface area contributed by atoms with Crippen molar-refractivity contribution in [2.24, 2.45) is 11.3 Å². The molecule has 0 bridgehead atoms. The molecule has 1 atom stereocenters. The van der Waals surface area contributed by atoms with Crippen LogP contribution in [0.1, 0.15) is 27.7 Å². The van der Waals surface area contributed by atoms with Crippen molar-refractivity contribution in [2.75, 3.05) is 12.3 Å². The van der Waals surface area contributed by atoms with Gasteiger partial charge in [0.05, 0.1) is 5.69 Å². The van der Waals surface area contributed by atoms with Gasteiger partial charge in [-0.15, -0.1) is 0 Å². The lowest BCUT2D eigenvalue weighted by Gasteiger charge is -2.27. The summed E-state index contributed by atoms with van der Waals surface area (Å²) >= 11 is 3.25. The molecule has 0 aromatic heterocycles. The van der Waals surface area contributed by atoms with Crippen molar-refractivity contribution < 1.29 is 8.42 Å². The fourth-order valence-corrected chi connectivity index (χ4v) is 3.16. The predicted octanol–water partition coefficient (Wildman–Crippen LogP) is 2.99. The van der Waals surface area contributed by atoms with E-state index in [4.69, 9.17) is 5.73 Å². The molecule has 0 heterocycles. The molecule has 4 nitrogen and oxygen atoms in total. The molecule has 1 rings (SSSR count). The minimum Gasteiger partial charge on any atom is -0.398 e.